The molecule has 1 saturated carbocycles. The molecule has 0 aliphatic heterocycles. The summed E-state index contributed by atoms with van der Waals surface area (Å²) in [6, 6.07) is 0. The Morgan fingerprint density at radius 3 is 2.75 bits per heavy atom. The number of nitrogens with two attached hydrogens (primary N) is 1. The number of hydrogen-bond acceptors (Lipinski definition) is 3. The number of rotatable bonds is 3. The van der Waals surface area contributed by atoms with Crippen LogP contribution in [0.4, 0.5) is 0 Å². The zero-order valence-electron chi connectivity index (χ0n) is 5.02. The minimum atomic E-state index is 0.0585. The van der Waals surface area contributed by atoms with Crippen LogP contribution < -0.4 is 5.73 Å². The van der Waals surface area contributed by atoms with Crippen LogP contribution >= 0.6 is 12.0 Å². The van der Waals surface area contributed by atoms with Gasteiger partial charge in [-0.15, -0.1) is 0 Å². The maximum absolute atomic E-state index is 5.69. The third kappa shape index (κ3) is 1.65. The molecule has 0 atom stereocenters. The van der Waals surface area contributed by atoms with Crippen LogP contribution in [-0.2, 0) is 4.18 Å². The lowest BCUT2D eigenvalue weighted by atomic mass is 10.3. The van der Waals surface area contributed by atoms with E-state index in [0.29, 0.717) is 6.61 Å². The van der Waals surface area contributed by atoms with E-state index >= 15 is 0 Å². The topological polar surface area (TPSA) is 35.2 Å². The van der Waals surface area contributed by atoms with E-state index in [0.717, 1.165) is 12.8 Å². The molecule has 3 heteroatoms. The second-order valence-electron chi connectivity index (χ2n) is 2.29. The van der Waals surface area contributed by atoms with Crippen molar-refractivity contribution in [3.63, 3.8) is 0 Å². The van der Waals surface area contributed by atoms with Crippen molar-refractivity contribution in [2.45, 2.75) is 18.4 Å². The molecule has 0 aromatic rings. The maximum Gasteiger partial charge on any atom is 0.0793 e. The van der Waals surface area contributed by atoms with Crippen LogP contribution in [0.3, 0.4) is 0 Å². The lowest BCUT2D eigenvalue weighted by Gasteiger charge is -2.04. The molecule has 0 aromatic heterocycles. The van der Waals surface area contributed by atoms with E-state index in [1.807, 2.05) is 6.26 Å². The molecule has 48 valence electrons. The first-order valence-corrected chi connectivity index (χ1v) is 3.86. The summed E-state index contributed by atoms with van der Waals surface area (Å²) in [6.45, 7) is 0.716. The summed E-state index contributed by atoms with van der Waals surface area (Å²) >= 11 is 1.39. The van der Waals surface area contributed by atoms with Crippen molar-refractivity contribution in [3.8, 4) is 0 Å². The summed E-state index contributed by atoms with van der Waals surface area (Å²) in [5, 5.41) is 0. The first-order chi connectivity index (χ1) is 3.77. The summed E-state index contributed by atoms with van der Waals surface area (Å²) in [6.07, 6.45) is 4.17. The molecule has 0 amide bonds. The van der Waals surface area contributed by atoms with Gasteiger partial charge in [0.25, 0.3) is 0 Å². The predicted octanol–water partition coefficient (Wildman–Crippen LogP) is 0.772. The third-order valence-electron chi connectivity index (χ3n) is 1.36. The molecule has 1 fully saturated rings. The van der Waals surface area contributed by atoms with Gasteiger partial charge < -0.3 is 9.92 Å². The lowest BCUT2D eigenvalue weighted by molar-refractivity contribution is 0.327. The largest absolute Gasteiger partial charge is 0.323 e. The van der Waals surface area contributed by atoms with Crippen molar-refractivity contribution in [1.82, 2.24) is 0 Å². The fourth-order valence-corrected chi connectivity index (χ4v) is 0.834. The quantitative estimate of drug-likeness (QED) is 0.578. The van der Waals surface area contributed by atoms with Gasteiger partial charge in [-0.05, 0) is 24.9 Å². The van der Waals surface area contributed by atoms with Gasteiger partial charge in [0.1, 0.15) is 0 Å². The van der Waals surface area contributed by atoms with E-state index in [1.165, 1.54) is 12.0 Å². The Hall–Kier alpha value is 0.270. The Morgan fingerprint density at radius 2 is 2.38 bits per heavy atom. The average Bonchev–Trinajstić information content (AvgIpc) is 2.45. The highest BCUT2D eigenvalue weighted by Gasteiger charge is 2.38. The molecular formula is C5H11NOS. The Morgan fingerprint density at radius 1 is 1.75 bits per heavy atom. The van der Waals surface area contributed by atoms with E-state index in [-0.39, 0.29) is 5.54 Å². The molecule has 0 saturated heterocycles. The van der Waals surface area contributed by atoms with Crippen LogP contribution in [0.5, 0.6) is 0 Å². The predicted molar refractivity (Wildman–Crippen MR) is 35.6 cm³/mol. The molecular weight excluding hydrogens is 122 g/mol. The molecule has 1 aliphatic carbocycles. The van der Waals surface area contributed by atoms with E-state index in [9.17, 15) is 0 Å². The van der Waals surface area contributed by atoms with Crippen molar-refractivity contribution in [1.29, 1.82) is 0 Å². The summed E-state index contributed by atoms with van der Waals surface area (Å²) in [7, 11) is 0. The fourth-order valence-electron chi connectivity index (χ4n) is 0.481. The third-order valence-corrected chi connectivity index (χ3v) is 1.71. The van der Waals surface area contributed by atoms with Crippen LogP contribution in [0.2, 0.25) is 0 Å². The second kappa shape index (κ2) is 2.25. The summed E-state index contributed by atoms with van der Waals surface area (Å²) in [4.78, 5) is 0. The molecule has 0 unspecified atom stereocenters. The Kier molecular flexibility index (Phi) is 1.80. The van der Waals surface area contributed by atoms with Crippen LogP contribution in [-0.4, -0.2) is 18.4 Å². The molecule has 2 N–H and O–H groups in total. The van der Waals surface area contributed by atoms with Crippen LogP contribution in [0.15, 0.2) is 0 Å². The summed E-state index contributed by atoms with van der Waals surface area (Å²) in [5.41, 5.74) is 5.75. The van der Waals surface area contributed by atoms with Crippen molar-refractivity contribution in [3.05, 3.63) is 0 Å². The van der Waals surface area contributed by atoms with E-state index in [1.54, 1.807) is 0 Å². The standard InChI is InChI=1S/C5H11NOS/c1-8-7-4-5(6)2-3-5/h2-4,6H2,1H3. The fraction of sp³-hybridized carbons (Fsp3) is 1.00. The van der Waals surface area contributed by atoms with Gasteiger partial charge in [-0.2, -0.15) is 0 Å². The summed E-state index contributed by atoms with van der Waals surface area (Å²) in [5.74, 6) is 0. The van der Waals surface area contributed by atoms with Gasteiger partial charge in [-0.3, -0.25) is 0 Å². The Bertz CT molecular complexity index is 82.5. The van der Waals surface area contributed by atoms with Crippen LogP contribution in [0.1, 0.15) is 12.8 Å². The monoisotopic (exact) mass is 133 g/mol. The second-order valence-corrected chi connectivity index (χ2v) is 2.86. The minimum absolute atomic E-state index is 0.0585. The van der Waals surface area contributed by atoms with Crippen molar-refractivity contribution in [2.24, 2.45) is 5.73 Å². The van der Waals surface area contributed by atoms with Crippen molar-refractivity contribution in [2.75, 3.05) is 12.9 Å². The van der Waals surface area contributed by atoms with Crippen LogP contribution in [0, 0.1) is 0 Å². The molecule has 1 rings (SSSR count). The van der Waals surface area contributed by atoms with Gasteiger partial charge >= 0.3 is 0 Å². The maximum atomic E-state index is 5.69. The Balaban J connectivity index is 2.01. The highest BCUT2D eigenvalue weighted by Crippen LogP contribution is 2.32. The molecule has 1 aliphatic rings. The lowest BCUT2D eigenvalue weighted by Crippen LogP contribution is -2.26. The van der Waals surface area contributed by atoms with E-state index in [4.69, 9.17) is 9.92 Å². The van der Waals surface area contributed by atoms with Gasteiger partial charge in [0.2, 0.25) is 0 Å². The van der Waals surface area contributed by atoms with Gasteiger partial charge in [-0.25, -0.2) is 0 Å². The SMILES string of the molecule is CSOCC1(N)CC1. The van der Waals surface area contributed by atoms with E-state index < -0.39 is 0 Å². The molecule has 0 radical (unpaired) electrons. The summed E-state index contributed by atoms with van der Waals surface area (Å²) < 4.78 is 5.05. The minimum Gasteiger partial charge on any atom is -0.323 e. The normalized spacial score (nSPS) is 23.2. The molecule has 0 spiro atoms. The highest BCUT2D eigenvalue weighted by atomic mass is 32.2. The van der Waals surface area contributed by atoms with Gasteiger partial charge in [0, 0.05) is 11.8 Å². The molecule has 8 heavy (non-hydrogen) atoms. The zero-order valence-corrected chi connectivity index (χ0v) is 5.83. The van der Waals surface area contributed by atoms with Gasteiger partial charge in [0.15, 0.2) is 0 Å². The molecule has 0 heterocycles. The van der Waals surface area contributed by atoms with E-state index in [2.05, 4.69) is 0 Å². The van der Waals surface area contributed by atoms with Crippen molar-refractivity contribution < 1.29 is 4.18 Å². The zero-order chi connectivity index (χ0) is 6.04. The number of hydrogen-bond donors (Lipinski definition) is 1. The van der Waals surface area contributed by atoms with Crippen LogP contribution in [0.25, 0.3) is 0 Å². The highest BCUT2D eigenvalue weighted by molar-refractivity contribution is 7.93. The Labute approximate surface area is 54.0 Å². The molecule has 0 bridgehead atoms. The first kappa shape index (κ1) is 6.39. The smallest absolute Gasteiger partial charge is 0.0793 e. The van der Waals surface area contributed by atoms with Crippen molar-refractivity contribution >= 4 is 12.0 Å². The van der Waals surface area contributed by atoms with Gasteiger partial charge in [0.05, 0.1) is 6.61 Å². The van der Waals surface area contributed by atoms with Gasteiger partial charge in [-0.1, -0.05) is 0 Å². The molecule has 0 aromatic carbocycles. The first-order valence-electron chi connectivity index (χ1n) is 2.71. The molecule has 2 nitrogen and oxygen atoms in total. The average molecular weight is 133 g/mol.